The molecule has 0 saturated heterocycles. The van der Waals surface area contributed by atoms with Crippen LogP contribution in [0.5, 0.6) is 5.75 Å². The third-order valence-corrected chi connectivity index (χ3v) is 3.34. The fourth-order valence-corrected chi connectivity index (χ4v) is 2.26. The lowest BCUT2D eigenvalue weighted by Gasteiger charge is -2.28. The molecule has 0 radical (unpaired) electrons. The molecule has 0 spiro atoms. The van der Waals surface area contributed by atoms with Crippen molar-refractivity contribution in [1.82, 2.24) is 0 Å². The van der Waals surface area contributed by atoms with Gasteiger partial charge in [-0.1, -0.05) is 18.6 Å². The quantitative estimate of drug-likeness (QED) is 0.845. The number of aliphatic hydroxyl groups excluding tert-OH is 1. The van der Waals surface area contributed by atoms with E-state index in [2.05, 4.69) is 0 Å². The first-order valence-electron chi connectivity index (χ1n) is 6.37. The first-order chi connectivity index (χ1) is 8.16. The second-order valence-corrected chi connectivity index (χ2v) is 4.87. The van der Waals surface area contributed by atoms with Crippen LogP contribution < -0.4 is 10.5 Å². The fraction of sp³-hybridized carbons (Fsp3) is 0.571. The SMILES string of the molecule is C[C@H](N)c1cccc(OC2CCCCC2O)c1. The van der Waals surface area contributed by atoms with Crippen LogP contribution >= 0.6 is 0 Å². The van der Waals surface area contributed by atoms with Gasteiger partial charge in [0.1, 0.15) is 11.9 Å². The number of aliphatic hydroxyl groups is 1. The Kier molecular flexibility index (Phi) is 4.02. The van der Waals surface area contributed by atoms with E-state index >= 15 is 0 Å². The molecular weight excluding hydrogens is 214 g/mol. The van der Waals surface area contributed by atoms with Crippen LogP contribution in [0.2, 0.25) is 0 Å². The maximum atomic E-state index is 9.86. The zero-order valence-corrected chi connectivity index (χ0v) is 10.3. The average molecular weight is 235 g/mol. The number of hydrogen-bond donors (Lipinski definition) is 2. The first kappa shape index (κ1) is 12.4. The predicted molar refractivity (Wildman–Crippen MR) is 67.9 cm³/mol. The van der Waals surface area contributed by atoms with Crippen LogP contribution in [0.15, 0.2) is 24.3 Å². The molecule has 1 aromatic rings. The highest BCUT2D eigenvalue weighted by molar-refractivity contribution is 5.30. The second kappa shape index (κ2) is 5.52. The Hall–Kier alpha value is -1.06. The van der Waals surface area contributed by atoms with Crippen LogP contribution in [-0.4, -0.2) is 17.3 Å². The first-order valence-corrected chi connectivity index (χ1v) is 6.37. The van der Waals surface area contributed by atoms with Crippen molar-refractivity contribution in [3.63, 3.8) is 0 Å². The summed E-state index contributed by atoms with van der Waals surface area (Å²) >= 11 is 0. The van der Waals surface area contributed by atoms with Gasteiger partial charge >= 0.3 is 0 Å². The zero-order chi connectivity index (χ0) is 12.3. The third-order valence-electron chi connectivity index (χ3n) is 3.34. The molecule has 1 saturated carbocycles. The van der Waals surface area contributed by atoms with Gasteiger partial charge in [-0.05, 0) is 43.9 Å². The number of ether oxygens (including phenoxy) is 1. The topological polar surface area (TPSA) is 55.5 Å². The standard InChI is InChI=1S/C14H21NO2/c1-10(15)11-5-4-6-12(9-11)17-14-8-3-2-7-13(14)16/h4-6,9-10,13-14,16H,2-3,7-8,15H2,1H3/t10-,13?,14?/m0/s1. The minimum Gasteiger partial charge on any atom is -0.488 e. The van der Waals surface area contributed by atoms with Crippen LogP contribution in [0.1, 0.15) is 44.2 Å². The van der Waals surface area contributed by atoms with Gasteiger partial charge in [-0.25, -0.2) is 0 Å². The molecule has 17 heavy (non-hydrogen) atoms. The summed E-state index contributed by atoms with van der Waals surface area (Å²) < 4.78 is 5.85. The minimum atomic E-state index is -0.331. The summed E-state index contributed by atoms with van der Waals surface area (Å²) in [5.41, 5.74) is 6.90. The van der Waals surface area contributed by atoms with Gasteiger partial charge < -0.3 is 15.6 Å². The summed E-state index contributed by atoms with van der Waals surface area (Å²) in [4.78, 5) is 0. The molecule has 94 valence electrons. The maximum Gasteiger partial charge on any atom is 0.124 e. The van der Waals surface area contributed by atoms with Gasteiger partial charge in [0, 0.05) is 6.04 Å². The van der Waals surface area contributed by atoms with Gasteiger partial charge in [-0.15, -0.1) is 0 Å². The Bertz CT molecular complexity index is 365. The molecule has 1 aromatic carbocycles. The molecule has 3 heteroatoms. The van der Waals surface area contributed by atoms with Gasteiger partial charge in [0.15, 0.2) is 0 Å². The van der Waals surface area contributed by atoms with Crippen LogP contribution in [-0.2, 0) is 0 Å². The summed E-state index contributed by atoms with van der Waals surface area (Å²) in [6.45, 7) is 1.95. The number of hydrogen-bond acceptors (Lipinski definition) is 3. The van der Waals surface area contributed by atoms with Crippen molar-refractivity contribution in [1.29, 1.82) is 0 Å². The highest BCUT2D eigenvalue weighted by Crippen LogP contribution is 2.25. The van der Waals surface area contributed by atoms with Crippen LogP contribution in [0.3, 0.4) is 0 Å². The molecule has 3 N–H and O–H groups in total. The van der Waals surface area contributed by atoms with E-state index in [0.717, 1.165) is 37.0 Å². The largest absolute Gasteiger partial charge is 0.488 e. The summed E-state index contributed by atoms with van der Waals surface area (Å²) in [7, 11) is 0. The minimum absolute atomic E-state index is 0.00910. The van der Waals surface area contributed by atoms with E-state index < -0.39 is 0 Å². The molecule has 1 aliphatic carbocycles. The van der Waals surface area contributed by atoms with Gasteiger partial charge in [-0.2, -0.15) is 0 Å². The van der Waals surface area contributed by atoms with Crippen molar-refractivity contribution < 1.29 is 9.84 Å². The van der Waals surface area contributed by atoms with Crippen LogP contribution in [0.25, 0.3) is 0 Å². The van der Waals surface area contributed by atoms with Gasteiger partial charge in [0.25, 0.3) is 0 Å². The van der Waals surface area contributed by atoms with Gasteiger partial charge in [-0.3, -0.25) is 0 Å². The van der Waals surface area contributed by atoms with E-state index in [4.69, 9.17) is 10.5 Å². The molecule has 1 aliphatic rings. The second-order valence-electron chi connectivity index (χ2n) is 4.87. The monoisotopic (exact) mass is 235 g/mol. The van der Waals surface area contributed by atoms with Crippen molar-refractivity contribution in [3.05, 3.63) is 29.8 Å². The molecule has 0 heterocycles. The normalized spacial score (nSPS) is 26.5. The van der Waals surface area contributed by atoms with Crippen LogP contribution in [0.4, 0.5) is 0 Å². The highest BCUT2D eigenvalue weighted by atomic mass is 16.5. The van der Waals surface area contributed by atoms with E-state index in [0.29, 0.717) is 0 Å². The summed E-state index contributed by atoms with van der Waals surface area (Å²) in [6.07, 6.45) is 3.62. The van der Waals surface area contributed by atoms with Crippen LogP contribution in [0, 0.1) is 0 Å². The maximum absolute atomic E-state index is 9.86. The molecule has 0 bridgehead atoms. The molecule has 1 fully saturated rings. The number of benzene rings is 1. The Morgan fingerprint density at radius 3 is 2.82 bits per heavy atom. The van der Waals surface area contributed by atoms with Gasteiger partial charge in [0.05, 0.1) is 6.10 Å². The Labute approximate surface area is 103 Å². The Morgan fingerprint density at radius 1 is 1.35 bits per heavy atom. The molecule has 0 amide bonds. The van der Waals surface area contributed by atoms with Crippen molar-refractivity contribution >= 4 is 0 Å². The van der Waals surface area contributed by atoms with Crippen molar-refractivity contribution in [2.45, 2.75) is 50.9 Å². The van der Waals surface area contributed by atoms with Crippen molar-refractivity contribution in [2.75, 3.05) is 0 Å². The van der Waals surface area contributed by atoms with E-state index in [1.807, 2.05) is 31.2 Å². The smallest absolute Gasteiger partial charge is 0.124 e. The fourth-order valence-electron chi connectivity index (χ4n) is 2.26. The summed E-state index contributed by atoms with van der Waals surface area (Å²) in [5, 5.41) is 9.86. The highest BCUT2D eigenvalue weighted by Gasteiger charge is 2.24. The van der Waals surface area contributed by atoms with Crippen molar-refractivity contribution in [3.8, 4) is 5.75 Å². The molecule has 2 rings (SSSR count). The lowest BCUT2D eigenvalue weighted by molar-refractivity contribution is 0.00683. The molecule has 3 atom stereocenters. The summed E-state index contributed by atoms with van der Waals surface area (Å²) in [6, 6.07) is 7.84. The van der Waals surface area contributed by atoms with E-state index in [-0.39, 0.29) is 18.2 Å². The zero-order valence-electron chi connectivity index (χ0n) is 10.3. The Balaban J connectivity index is 2.04. The molecule has 0 aromatic heterocycles. The lowest BCUT2D eigenvalue weighted by Crippen LogP contribution is -2.34. The van der Waals surface area contributed by atoms with Crippen molar-refractivity contribution in [2.24, 2.45) is 5.73 Å². The molecule has 0 aliphatic heterocycles. The summed E-state index contributed by atoms with van der Waals surface area (Å²) in [5.74, 6) is 0.811. The van der Waals surface area contributed by atoms with E-state index in [1.165, 1.54) is 0 Å². The Morgan fingerprint density at radius 2 is 2.12 bits per heavy atom. The van der Waals surface area contributed by atoms with E-state index in [1.54, 1.807) is 0 Å². The van der Waals surface area contributed by atoms with E-state index in [9.17, 15) is 5.11 Å². The number of rotatable bonds is 3. The predicted octanol–water partition coefficient (Wildman–Crippen LogP) is 2.39. The van der Waals surface area contributed by atoms with Gasteiger partial charge in [0.2, 0.25) is 0 Å². The number of nitrogens with two attached hydrogens (primary N) is 1. The molecular formula is C14H21NO2. The molecule has 2 unspecified atom stereocenters. The average Bonchev–Trinajstić information content (AvgIpc) is 2.32. The third kappa shape index (κ3) is 3.20. The lowest BCUT2D eigenvalue weighted by atomic mass is 9.95. The molecule has 3 nitrogen and oxygen atoms in total.